The fraction of sp³-hybridized carbons (Fsp3) is 0.647. The van der Waals surface area contributed by atoms with Gasteiger partial charge >= 0.3 is 0 Å². The standard InChI is InChI=1S/C17H26N2O2S/c1-17(2,3)15-4-6-16(7-5-15)22(20,21)19-9-8-13-10-18-11-14(13)12-19/h4-7,13-14,18H,8-12H2,1-3H3. The zero-order valence-corrected chi connectivity index (χ0v) is 14.5. The average molecular weight is 322 g/mol. The molecule has 2 aliphatic rings. The molecule has 0 aromatic heterocycles. The van der Waals surface area contributed by atoms with E-state index < -0.39 is 10.0 Å². The van der Waals surface area contributed by atoms with Gasteiger partial charge in [-0.3, -0.25) is 0 Å². The predicted octanol–water partition coefficient (Wildman–Crippen LogP) is 2.21. The quantitative estimate of drug-likeness (QED) is 0.908. The monoisotopic (exact) mass is 322 g/mol. The van der Waals surface area contributed by atoms with Crippen molar-refractivity contribution in [3.63, 3.8) is 0 Å². The van der Waals surface area contributed by atoms with Crippen LogP contribution in [0.5, 0.6) is 0 Å². The van der Waals surface area contributed by atoms with Gasteiger partial charge < -0.3 is 5.32 Å². The van der Waals surface area contributed by atoms with Gasteiger partial charge in [-0.2, -0.15) is 4.31 Å². The van der Waals surface area contributed by atoms with Gasteiger partial charge in [0.1, 0.15) is 0 Å². The van der Waals surface area contributed by atoms with Gasteiger partial charge in [-0.15, -0.1) is 0 Å². The van der Waals surface area contributed by atoms with E-state index in [-0.39, 0.29) is 5.41 Å². The Labute approximate surface area is 134 Å². The van der Waals surface area contributed by atoms with Crippen LogP contribution in [0, 0.1) is 11.8 Å². The molecule has 2 saturated heterocycles. The minimum atomic E-state index is -3.36. The second-order valence-electron chi connectivity index (χ2n) is 7.60. The molecule has 2 aliphatic heterocycles. The maximum Gasteiger partial charge on any atom is 0.243 e. The summed E-state index contributed by atoms with van der Waals surface area (Å²) in [5.74, 6) is 1.12. The highest BCUT2D eigenvalue weighted by atomic mass is 32.2. The molecule has 5 heteroatoms. The van der Waals surface area contributed by atoms with E-state index in [9.17, 15) is 8.42 Å². The van der Waals surface area contributed by atoms with Crippen LogP contribution in [0.2, 0.25) is 0 Å². The molecule has 3 rings (SSSR count). The molecule has 4 nitrogen and oxygen atoms in total. The molecule has 0 aliphatic carbocycles. The number of nitrogens with zero attached hydrogens (tertiary/aromatic N) is 1. The van der Waals surface area contributed by atoms with Crippen molar-refractivity contribution in [1.82, 2.24) is 9.62 Å². The van der Waals surface area contributed by atoms with Gasteiger partial charge in [0.15, 0.2) is 0 Å². The fourth-order valence-electron chi connectivity index (χ4n) is 3.50. The Hall–Kier alpha value is -0.910. The molecule has 1 N–H and O–H groups in total. The van der Waals surface area contributed by atoms with Crippen molar-refractivity contribution in [2.24, 2.45) is 11.8 Å². The first kappa shape index (κ1) is 16.0. The van der Waals surface area contributed by atoms with Crippen LogP contribution in [-0.4, -0.2) is 38.9 Å². The van der Waals surface area contributed by atoms with E-state index in [4.69, 9.17) is 0 Å². The van der Waals surface area contributed by atoms with Crippen molar-refractivity contribution in [1.29, 1.82) is 0 Å². The molecule has 0 amide bonds. The third-order valence-electron chi connectivity index (χ3n) is 5.03. The summed E-state index contributed by atoms with van der Waals surface area (Å²) in [6.07, 6.45) is 0.969. The molecule has 2 atom stereocenters. The second kappa shape index (κ2) is 5.62. The fourth-order valence-corrected chi connectivity index (χ4v) is 5.01. The van der Waals surface area contributed by atoms with Gasteiger partial charge in [-0.1, -0.05) is 32.9 Å². The van der Waals surface area contributed by atoms with Crippen LogP contribution in [0.4, 0.5) is 0 Å². The minimum Gasteiger partial charge on any atom is -0.316 e. The number of benzene rings is 1. The molecule has 2 heterocycles. The van der Waals surface area contributed by atoms with E-state index in [1.165, 1.54) is 0 Å². The normalized spacial score (nSPS) is 26.9. The first-order chi connectivity index (χ1) is 10.3. The molecular formula is C17H26N2O2S. The summed E-state index contributed by atoms with van der Waals surface area (Å²) < 4.78 is 27.4. The minimum absolute atomic E-state index is 0.0379. The summed E-state index contributed by atoms with van der Waals surface area (Å²) in [4.78, 5) is 0.421. The largest absolute Gasteiger partial charge is 0.316 e. The Kier molecular flexibility index (Phi) is 4.08. The molecular weight excluding hydrogens is 296 g/mol. The van der Waals surface area contributed by atoms with Gasteiger partial charge in [0.2, 0.25) is 10.0 Å². The Morgan fingerprint density at radius 2 is 1.73 bits per heavy atom. The van der Waals surface area contributed by atoms with Crippen molar-refractivity contribution in [2.75, 3.05) is 26.2 Å². The lowest BCUT2D eigenvalue weighted by molar-refractivity contribution is 0.228. The van der Waals surface area contributed by atoms with Gasteiger partial charge in [-0.05, 0) is 54.5 Å². The Morgan fingerprint density at radius 1 is 1.09 bits per heavy atom. The summed E-state index contributed by atoms with van der Waals surface area (Å²) in [7, 11) is -3.36. The second-order valence-corrected chi connectivity index (χ2v) is 9.54. The van der Waals surface area contributed by atoms with E-state index in [1.807, 2.05) is 12.1 Å². The van der Waals surface area contributed by atoms with Gasteiger partial charge in [-0.25, -0.2) is 8.42 Å². The number of hydrogen-bond donors (Lipinski definition) is 1. The number of fused-ring (bicyclic) bond motifs is 1. The van der Waals surface area contributed by atoms with Crippen molar-refractivity contribution in [3.05, 3.63) is 29.8 Å². The molecule has 1 aromatic rings. The molecule has 0 saturated carbocycles. The van der Waals surface area contributed by atoms with Crippen LogP contribution in [0.15, 0.2) is 29.2 Å². The molecule has 2 fully saturated rings. The Bertz CT molecular complexity index is 632. The number of sulfonamides is 1. The van der Waals surface area contributed by atoms with Gasteiger partial charge in [0, 0.05) is 13.1 Å². The first-order valence-corrected chi connectivity index (χ1v) is 9.54. The SMILES string of the molecule is CC(C)(C)c1ccc(S(=O)(=O)N2CCC3CNCC3C2)cc1. The predicted molar refractivity (Wildman–Crippen MR) is 88.4 cm³/mol. The molecule has 0 radical (unpaired) electrons. The van der Waals surface area contributed by atoms with Crippen LogP contribution in [0.25, 0.3) is 0 Å². The van der Waals surface area contributed by atoms with E-state index in [0.717, 1.165) is 25.1 Å². The lowest BCUT2D eigenvalue weighted by atomic mass is 9.87. The highest BCUT2D eigenvalue weighted by Gasteiger charge is 2.37. The van der Waals surface area contributed by atoms with E-state index >= 15 is 0 Å². The third-order valence-corrected chi connectivity index (χ3v) is 6.90. The van der Waals surface area contributed by atoms with Gasteiger partial charge in [0.05, 0.1) is 4.90 Å². The van der Waals surface area contributed by atoms with E-state index in [1.54, 1.807) is 16.4 Å². The zero-order chi connectivity index (χ0) is 16.0. The van der Waals surface area contributed by atoms with Crippen LogP contribution in [0.3, 0.4) is 0 Å². The van der Waals surface area contributed by atoms with Crippen LogP contribution in [-0.2, 0) is 15.4 Å². The molecule has 0 bridgehead atoms. The summed E-state index contributed by atoms with van der Waals surface area (Å²) >= 11 is 0. The molecule has 1 aromatic carbocycles. The molecule has 22 heavy (non-hydrogen) atoms. The number of piperidine rings is 1. The highest BCUT2D eigenvalue weighted by molar-refractivity contribution is 7.89. The summed E-state index contributed by atoms with van der Waals surface area (Å²) in [6.45, 7) is 9.68. The summed E-state index contributed by atoms with van der Waals surface area (Å²) in [5.41, 5.74) is 1.20. The van der Waals surface area contributed by atoms with Crippen molar-refractivity contribution in [3.8, 4) is 0 Å². The topological polar surface area (TPSA) is 49.4 Å². The maximum atomic E-state index is 12.8. The van der Waals surface area contributed by atoms with Crippen LogP contribution < -0.4 is 5.32 Å². The van der Waals surface area contributed by atoms with Gasteiger partial charge in [0.25, 0.3) is 0 Å². The molecule has 0 spiro atoms. The maximum absolute atomic E-state index is 12.8. The van der Waals surface area contributed by atoms with Crippen molar-refractivity contribution < 1.29 is 8.42 Å². The third kappa shape index (κ3) is 2.94. The van der Waals surface area contributed by atoms with Crippen LogP contribution >= 0.6 is 0 Å². The first-order valence-electron chi connectivity index (χ1n) is 8.10. The number of hydrogen-bond acceptors (Lipinski definition) is 3. The lowest BCUT2D eigenvalue weighted by Crippen LogP contribution is -2.43. The van der Waals surface area contributed by atoms with E-state index in [0.29, 0.717) is 29.8 Å². The Balaban J connectivity index is 1.81. The summed E-state index contributed by atoms with van der Waals surface area (Å²) in [6, 6.07) is 7.40. The number of nitrogens with one attached hydrogen (secondary N) is 1. The lowest BCUT2D eigenvalue weighted by Gasteiger charge is -2.33. The Morgan fingerprint density at radius 3 is 2.36 bits per heavy atom. The average Bonchev–Trinajstić information content (AvgIpc) is 2.94. The highest BCUT2D eigenvalue weighted by Crippen LogP contribution is 2.31. The smallest absolute Gasteiger partial charge is 0.243 e. The zero-order valence-electron chi connectivity index (χ0n) is 13.7. The summed E-state index contributed by atoms with van der Waals surface area (Å²) in [5, 5.41) is 3.38. The van der Waals surface area contributed by atoms with Crippen molar-refractivity contribution >= 4 is 10.0 Å². The van der Waals surface area contributed by atoms with Crippen molar-refractivity contribution in [2.45, 2.75) is 37.5 Å². The number of rotatable bonds is 2. The molecule has 2 unspecified atom stereocenters. The molecule has 122 valence electrons. The van der Waals surface area contributed by atoms with Crippen LogP contribution in [0.1, 0.15) is 32.8 Å². The van der Waals surface area contributed by atoms with E-state index in [2.05, 4.69) is 26.1 Å².